The highest BCUT2D eigenvalue weighted by Gasteiger charge is 2.19. The number of ether oxygens (including phenoxy) is 1. The number of anilines is 2. The summed E-state index contributed by atoms with van der Waals surface area (Å²) >= 11 is 0. The Morgan fingerprint density at radius 2 is 2.35 bits per heavy atom. The molecule has 0 aromatic heterocycles. The van der Waals surface area contributed by atoms with Crippen molar-refractivity contribution in [3.05, 3.63) is 23.8 Å². The number of nitrogens with two attached hydrogens (primary N) is 1. The molecular formula is C13H18N2O2. The molecule has 1 aliphatic heterocycles. The fourth-order valence-corrected chi connectivity index (χ4v) is 2.22. The van der Waals surface area contributed by atoms with Gasteiger partial charge < -0.3 is 15.4 Å². The number of nitrogens with zero attached hydrogens (tertiary/aromatic N) is 1. The molecule has 0 fully saturated rings. The van der Waals surface area contributed by atoms with Crippen LogP contribution < -0.4 is 10.6 Å². The Bertz CT molecular complexity index is 418. The SMILES string of the molecule is CCOC(=O)CN1CCCc2cc(N)ccc21. The summed E-state index contributed by atoms with van der Waals surface area (Å²) in [5.74, 6) is -0.169. The van der Waals surface area contributed by atoms with Gasteiger partial charge in [0.25, 0.3) is 0 Å². The van der Waals surface area contributed by atoms with Crippen molar-refractivity contribution in [3.8, 4) is 0 Å². The molecule has 0 atom stereocenters. The third-order valence-corrected chi connectivity index (χ3v) is 2.94. The van der Waals surface area contributed by atoms with Crippen molar-refractivity contribution < 1.29 is 9.53 Å². The first-order valence-corrected chi connectivity index (χ1v) is 5.99. The Morgan fingerprint density at radius 3 is 3.12 bits per heavy atom. The van der Waals surface area contributed by atoms with E-state index in [-0.39, 0.29) is 5.97 Å². The van der Waals surface area contributed by atoms with Crippen LogP contribution in [0.1, 0.15) is 18.9 Å². The molecule has 0 saturated carbocycles. The van der Waals surface area contributed by atoms with Gasteiger partial charge in [-0.3, -0.25) is 4.79 Å². The van der Waals surface area contributed by atoms with Gasteiger partial charge in [0.15, 0.2) is 0 Å². The predicted molar refractivity (Wildman–Crippen MR) is 68.0 cm³/mol. The average molecular weight is 234 g/mol. The minimum Gasteiger partial charge on any atom is -0.465 e. The quantitative estimate of drug-likeness (QED) is 0.637. The molecule has 4 nitrogen and oxygen atoms in total. The van der Waals surface area contributed by atoms with Gasteiger partial charge in [-0.25, -0.2) is 0 Å². The van der Waals surface area contributed by atoms with Crippen LogP contribution in [0.5, 0.6) is 0 Å². The molecule has 2 rings (SSSR count). The van der Waals surface area contributed by atoms with Crippen molar-refractivity contribution in [3.63, 3.8) is 0 Å². The Labute approximate surface area is 101 Å². The number of nitrogen functional groups attached to an aromatic ring is 1. The van der Waals surface area contributed by atoms with E-state index in [1.807, 2.05) is 25.1 Å². The third kappa shape index (κ3) is 2.70. The summed E-state index contributed by atoms with van der Waals surface area (Å²) in [6, 6.07) is 5.86. The first kappa shape index (κ1) is 11.8. The summed E-state index contributed by atoms with van der Waals surface area (Å²) in [6.07, 6.45) is 2.08. The number of hydrogen-bond acceptors (Lipinski definition) is 4. The lowest BCUT2D eigenvalue weighted by Gasteiger charge is -2.30. The molecule has 4 heteroatoms. The molecule has 92 valence electrons. The first-order chi connectivity index (χ1) is 8.20. The molecule has 1 heterocycles. The van der Waals surface area contributed by atoms with E-state index >= 15 is 0 Å². The summed E-state index contributed by atoms with van der Waals surface area (Å²) in [4.78, 5) is 13.6. The van der Waals surface area contributed by atoms with E-state index in [9.17, 15) is 4.79 Å². The Morgan fingerprint density at radius 1 is 1.53 bits per heavy atom. The highest BCUT2D eigenvalue weighted by Crippen LogP contribution is 2.28. The molecule has 0 unspecified atom stereocenters. The molecule has 2 N–H and O–H groups in total. The second-order valence-corrected chi connectivity index (χ2v) is 4.22. The Hall–Kier alpha value is -1.71. The molecule has 0 amide bonds. The van der Waals surface area contributed by atoms with Gasteiger partial charge in [0.2, 0.25) is 0 Å². The fourth-order valence-electron chi connectivity index (χ4n) is 2.22. The lowest BCUT2D eigenvalue weighted by atomic mass is 10.0. The first-order valence-electron chi connectivity index (χ1n) is 5.99. The van der Waals surface area contributed by atoms with Crippen molar-refractivity contribution in [2.75, 3.05) is 30.3 Å². The van der Waals surface area contributed by atoms with Gasteiger partial charge in [0.1, 0.15) is 6.54 Å². The highest BCUT2D eigenvalue weighted by atomic mass is 16.5. The fraction of sp³-hybridized carbons (Fsp3) is 0.462. The van der Waals surface area contributed by atoms with Gasteiger partial charge in [-0.2, -0.15) is 0 Å². The van der Waals surface area contributed by atoms with Crippen molar-refractivity contribution >= 4 is 17.3 Å². The van der Waals surface area contributed by atoms with Crippen LogP contribution >= 0.6 is 0 Å². The van der Waals surface area contributed by atoms with Gasteiger partial charge in [0.05, 0.1) is 6.61 Å². The van der Waals surface area contributed by atoms with Gasteiger partial charge in [-0.05, 0) is 43.5 Å². The monoisotopic (exact) mass is 234 g/mol. The summed E-state index contributed by atoms with van der Waals surface area (Å²) in [5.41, 5.74) is 8.88. The minimum atomic E-state index is -0.169. The molecule has 0 aliphatic carbocycles. The molecular weight excluding hydrogens is 216 g/mol. The second kappa shape index (κ2) is 5.08. The average Bonchev–Trinajstić information content (AvgIpc) is 2.29. The zero-order valence-corrected chi connectivity index (χ0v) is 10.1. The minimum absolute atomic E-state index is 0.169. The number of hydrogen-bond donors (Lipinski definition) is 1. The van der Waals surface area contributed by atoms with Crippen molar-refractivity contribution in [1.82, 2.24) is 0 Å². The van der Waals surface area contributed by atoms with Gasteiger partial charge in [-0.15, -0.1) is 0 Å². The largest absolute Gasteiger partial charge is 0.465 e. The molecule has 0 radical (unpaired) electrons. The number of fused-ring (bicyclic) bond motifs is 1. The van der Waals surface area contributed by atoms with Gasteiger partial charge >= 0.3 is 5.97 Å². The van der Waals surface area contributed by atoms with E-state index in [4.69, 9.17) is 10.5 Å². The summed E-state index contributed by atoms with van der Waals surface area (Å²) < 4.78 is 4.98. The van der Waals surface area contributed by atoms with Crippen LogP contribution in [0.3, 0.4) is 0 Å². The molecule has 1 aromatic rings. The molecule has 0 bridgehead atoms. The zero-order valence-electron chi connectivity index (χ0n) is 10.1. The smallest absolute Gasteiger partial charge is 0.325 e. The van der Waals surface area contributed by atoms with Gasteiger partial charge in [0, 0.05) is 17.9 Å². The van der Waals surface area contributed by atoms with Gasteiger partial charge in [-0.1, -0.05) is 0 Å². The van der Waals surface area contributed by atoms with Crippen molar-refractivity contribution in [2.45, 2.75) is 19.8 Å². The van der Waals surface area contributed by atoms with E-state index in [0.717, 1.165) is 30.8 Å². The predicted octanol–water partition coefficient (Wildman–Crippen LogP) is 1.58. The summed E-state index contributed by atoms with van der Waals surface area (Å²) in [5, 5.41) is 0. The number of aryl methyl sites for hydroxylation is 1. The second-order valence-electron chi connectivity index (χ2n) is 4.22. The number of carbonyl (C=O) groups is 1. The maximum Gasteiger partial charge on any atom is 0.325 e. The van der Waals surface area contributed by atoms with Crippen molar-refractivity contribution in [2.24, 2.45) is 0 Å². The number of benzene rings is 1. The standard InChI is InChI=1S/C13H18N2O2/c1-2-17-13(16)9-15-7-3-4-10-8-11(14)5-6-12(10)15/h5-6,8H,2-4,7,9,14H2,1H3. The Balaban J connectivity index is 2.14. The number of rotatable bonds is 3. The Kier molecular flexibility index (Phi) is 3.52. The summed E-state index contributed by atoms with van der Waals surface area (Å²) in [6.45, 7) is 3.48. The lowest BCUT2D eigenvalue weighted by Crippen LogP contribution is -2.35. The van der Waals surface area contributed by atoms with Crippen LogP contribution in [0.4, 0.5) is 11.4 Å². The van der Waals surface area contributed by atoms with E-state index in [2.05, 4.69) is 4.90 Å². The van der Waals surface area contributed by atoms with Crippen LogP contribution in [-0.2, 0) is 16.0 Å². The van der Waals surface area contributed by atoms with Crippen LogP contribution in [-0.4, -0.2) is 25.7 Å². The highest BCUT2D eigenvalue weighted by molar-refractivity contribution is 5.77. The summed E-state index contributed by atoms with van der Waals surface area (Å²) in [7, 11) is 0. The molecule has 1 aromatic carbocycles. The van der Waals surface area contributed by atoms with Crippen LogP contribution in [0.2, 0.25) is 0 Å². The molecule has 0 saturated heterocycles. The maximum absolute atomic E-state index is 11.5. The van der Waals surface area contributed by atoms with Crippen LogP contribution in [0, 0.1) is 0 Å². The topological polar surface area (TPSA) is 55.6 Å². The molecule has 0 spiro atoms. The maximum atomic E-state index is 11.5. The van der Waals surface area contributed by atoms with E-state index < -0.39 is 0 Å². The number of esters is 1. The van der Waals surface area contributed by atoms with E-state index in [1.54, 1.807) is 0 Å². The van der Waals surface area contributed by atoms with Crippen LogP contribution in [0.15, 0.2) is 18.2 Å². The third-order valence-electron chi connectivity index (χ3n) is 2.94. The van der Waals surface area contributed by atoms with E-state index in [1.165, 1.54) is 5.56 Å². The lowest BCUT2D eigenvalue weighted by molar-refractivity contribution is -0.141. The molecule has 17 heavy (non-hydrogen) atoms. The van der Waals surface area contributed by atoms with Crippen LogP contribution in [0.25, 0.3) is 0 Å². The normalized spacial score (nSPS) is 14.3. The molecule has 1 aliphatic rings. The van der Waals surface area contributed by atoms with Crippen molar-refractivity contribution in [1.29, 1.82) is 0 Å². The zero-order chi connectivity index (χ0) is 12.3. The number of carbonyl (C=O) groups excluding carboxylic acids is 1. The van der Waals surface area contributed by atoms with E-state index in [0.29, 0.717) is 13.2 Å².